The van der Waals surface area contributed by atoms with Crippen molar-refractivity contribution >= 4 is 5.69 Å². The molecule has 3 heterocycles. The van der Waals surface area contributed by atoms with Gasteiger partial charge < -0.3 is 9.47 Å². The van der Waals surface area contributed by atoms with E-state index in [0.29, 0.717) is 12.0 Å². The van der Waals surface area contributed by atoms with Crippen molar-refractivity contribution in [2.45, 2.75) is 24.9 Å². The summed E-state index contributed by atoms with van der Waals surface area (Å²) >= 11 is 0. The van der Waals surface area contributed by atoms with Gasteiger partial charge in [0, 0.05) is 76.4 Å². The van der Waals surface area contributed by atoms with Gasteiger partial charge in [-0.05, 0) is 47.4 Å². The van der Waals surface area contributed by atoms with Crippen molar-refractivity contribution in [3.63, 3.8) is 0 Å². The molecule has 6 rings (SSSR count). The molecule has 190 valence electrons. The first-order valence-electron chi connectivity index (χ1n) is 13.8. The van der Waals surface area contributed by atoms with Crippen molar-refractivity contribution in [1.82, 2.24) is 14.4 Å². The zero-order chi connectivity index (χ0) is 25.0. The lowest BCUT2D eigenvalue weighted by Crippen LogP contribution is -2.50. The molecule has 0 saturated carbocycles. The molecule has 2 aliphatic heterocycles. The highest BCUT2D eigenvalue weighted by atomic mass is 15.3. The molecule has 1 fully saturated rings. The Labute approximate surface area is 221 Å². The minimum atomic E-state index is 0.366. The van der Waals surface area contributed by atoms with Gasteiger partial charge in [0.05, 0.1) is 6.04 Å². The van der Waals surface area contributed by atoms with Crippen LogP contribution in [0.15, 0.2) is 103 Å². The molecule has 37 heavy (non-hydrogen) atoms. The van der Waals surface area contributed by atoms with E-state index in [4.69, 9.17) is 0 Å². The van der Waals surface area contributed by atoms with Crippen molar-refractivity contribution in [3.05, 3.63) is 126 Å². The Morgan fingerprint density at radius 1 is 0.730 bits per heavy atom. The van der Waals surface area contributed by atoms with Gasteiger partial charge >= 0.3 is 0 Å². The second kappa shape index (κ2) is 11.0. The predicted molar refractivity (Wildman–Crippen MR) is 153 cm³/mol. The van der Waals surface area contributed by atoms with Crippen LogP contribution in [-0.2, 0) is 20.0 Å². The quantitative estimate of drug-likeness (QED) is 0.329. The largest absolute Gasteiger partial charge is 0.369 e. The third-order valence-electron chi connectivity index (χ3n) is 8.37. The fourth-order valence-corrected chi connectivity index (χ4v) is 6.40. The van der Waals surface area contributed by atoms with Gasteiger partial charge in [0.15, 0.2) is 0 Å². The maximum absolute atomic E-state index is 2.75. The molecule has 0 amide bonds. The highest BCUT2D eigenvalue weighted by molar-refractivity contribution is 5.46. The Balaban J connectivity index is 1.26. The molecule has 0 bridgehead atoms. The maximum atomic E-state index is 2.75. The smallest absolute Gasteiger partial charge is 0.0584 e. The number of fused-ring (bicyclic) bond motifs is 1. The molecule has 1 aromatic heterocycles. The molecular formula is C33H38N4. The second-order valence-corrected chi connectivity index (χ2v) is 10.6. The molecule has 0 N–H and O–H groups in total. The van der Waals surface area contributed by atoms with Crippen LogP contribution in [0.2, 0.25) is 0 Å². The van der Waals surface area contributed by atoms with Gasteiger partial charge in [0.2, 0.25) is 0 Å². The molecule has 0 radical (unpaired) electrons. The summed E-state index contributed by atoms with van der Waals surface area (Å²) < 4.78 is 2.34. The first-order valence-corrected chi connectivity index (χ1v) is 13.8. The fraction of sp³-hybridized carbons (Fsp3) is 0.333. The lowest BCUT2D eigenvalue weighted by atomic mass is 9.81. The molecule has 4 heteroatoms. The summed E-state index contributed by atoms with van der Waals surface area (Å²) in [5, 5.41) is 0. The Bertz CT molecular complexity index is 1270. The molecule has 1 saturated heterocycles. The number of nitrogens with zero attached hydrogens (tertiary/aromatic N) is 4. The lowest BCUT2D eigenvalue weighted by Gasteiger charge is -2.46. The van der Waals surface area contributed by atoms with E-state index in [1.54, 1.807) is 0 Å². The van der Waals surface area contributed by atoms with E-state index in [-0.39, 0.29) is 0 Å². The van der Waals surface area contributed by atoms with Gasteiger partial charge in [-0.15, -0.1) is 0 Å². The summed E-state index contributed by atoms with van der Waals surface area (Å²) in [6.45, 7) is 7.56. The van der Waals surface area contributed by atoms with Gasteiger partial charge in [-0.25, -0.2) is 0 Å². The van der Waals surface area contributed by atoms with Crippen molar-refractivity contribution in [2.75, 3.05) is 44.2 Å². The van der Waals surface area contributed by atoms with Gasteiger partial charge in [0.25, 0.3) is 0 Å². The molecule has 2 atom stereocenters. The third kappa shape index (κ3) is 5.22. The van der Waals surface area contributed by atoms with E-state index in [2.05, 4.69) is 130 Å². The molecule has 2 aliphatic rings. The molecule has 0 spiro atoms. The summed E-state index contributed by atoms with van der Waals surface area (Å²) in [7, 11) is 2.21. The maximum Gasteiger partial charge on any atom is 0.0584 e. The number of hydrogen-bond donors (Lipinski definition) is 0. The Morgan fingerprint density at radius 2 is 1.43 bits per heavy atom. The first-order chi connectivity index (χ1) is 18.3. The van der Waals surface area contributed by atoms with Crippen LogP contribution in [0.3, 0.4) is 0 Å². The molecule has 4 aromatic rings. The summed E-state index contributed by atoms with van der Waals surface area (Å²) in [5.41, 5.74) is 7.22. The topological polar surface area (TPSA) is 14.7 Å². The number of hydrogen-bond acceptors (Lipinski definition) is 3. The van der Waals surface area contributed by atoms with Crippen LogP contribution in [-0.4, -0.2) is 53.6 Å². The van der Waals surface area contributed by atoms with Crippen LogP contribution < -0.4 is 4.90 Å². The molecule has 4 nitrogen and oxygen atoms in total. The Kier molecular flexibility index (Phi) is 7.11. The van der Waals surface area contributed by atoms with Crippen molar-refractivity contribution in [1.29, 1.82) is 0 Å². The van der Waals surface area contributed by atoms with Gasteiger partial charge in [-0.3, -0.25) is 9.80 Å². The number of benzene rings is 3. The molecule has 0 aliphatic carbocycles. The van der Waals surface area contributed by atoms with Gasteiger partial charge in [-0.1, -0.05) is 72.8 Å². The minimum absolute atomic E-state index is 0.366. The zero-order valence-electron chi connectivity index (χ0n) is 21.9. The molecular weight excluding hydrogens is 452 g/mol. The van der Waals surface area contributed by atoms with Crippen LogP contribution in [0.4, 0.5) is 5.69 Å². The molecule has 0 unspecified atom stereocenters. The number of piperazine rings is 1. The van der Waals surface area contributed by atoms with Crippen molar-refractivity contribution in [3.8, 4) is 0 Å². The van der Waals surface area contributed by atoms with Crippen LogP contribution in [0, 0.1) is 0 Å². The number of rotatable bonds is 7. The summed E-state index contributed by atoms with van der Waals surface area (Å²) in [5.74, 6) is 0.442. The monoisotopic (exact) mass is 490 g/mol. The minimum Gasteiger partial charge on any atom is -0.369 e. The SMILES string of the molecule is Cn1cccc1[C@@H]1[C@@H](CN2CCN(c3ccccc3)CC2)c2ccccc2CN1CCc1ccccc1. The Hall–Kier alpha value is -3.34. The normalized spacial score (nSPS) is 20.6. The third-order valence-corrected chi connectivity index (χ3v) is 8.37. The average molecular weight is 491 g/mol. The summed E-state index contributed by atoms with van der Waals surface area (Å²) in [4.78, 5) is 7.99. The number of aryl methyl sites for hydroxylation is 1. The van der Waals surface area contributed by atoms with E-state index in [9.17, 15) is 0 Å². The highest BCUT2D eigenvalue weighted by Gasteiger charge is 2.38. The second-order valence-electron chi connectivity index (χ2n) is 10.6. The van der Waals surface area contributed by atoms with Crippen LogP contribution in [0.25, 0.3) is 0 Å². The number of para-hydroxylation sites is 1. The predicted octanol–water partition coefficient (Wildman–Crippen LogP) is 5.73. The highest BCUT2D eigenvalue weighted by Crippen LogP contribution is 2.43. The van der Waals surface area contributed by atoms with Gasteiger partial charge in [-0.2, -0.15) is 0 Å². The van der Waals surface area contributed by atoms with E-state index in [1.807, 2.05) is 0 Å². The van der Waals surface area contributed by atoms with Crippen molar-refractivity contribution < 1.29 is 0 Å². The van der Waals surface area contributed by atoms with Crippen molar-refractivity contribution in [2.24, 2.45) is 7.05 Å². The fourth-order valence-electron chi connectivity index (χ4n) is 6.40. The first kappa shape index (κ1) is 24.0. The summed E-state index contributed by atoms with van der Waals surface area (Å²) in [6, 6.07) is 36.0. The van der Waals surface area contributed by atoms with E-state index in [0.717, 1.165) is 52.2 Å². The molecule has 3 aromatic carbocycles. The van der Waals surface area contributed by atoms with E-state index in [1.165, 1.54) is 28.1 Å². The number of aromatic nitrogens is 1. The number of anilines is 1. The van der Waals surface area contributed by atoms with Crippen LogP contribution in [0.1, 0.15) is 34.3 Å². The van der Waals surface area contributed by atoms with E-state index < -0.39 is 0 Å². The van der Waals surface area contributed by atoms with Crippen LogP contribution in [0.5, 0.6) is 0 Å². The Morgan fingerprint density at radius 3 is 2.16 bits per heavy atom. The van der Waals surface area contributed by atoms with Gasteiger partial charge in [0.1, 0.15) is 0 Å². The summed E-state index contributed by atoms with van der Waals surface area (Å²) in [6.07, 6.45) is 3.29. The lowest BCUT2D eigenvalue weighted by molar-refractivity contribution is 0.113. The average Bonchev–Trinajstić information content (AvgIpc) is 3.38. The standard InChI is InChI=1S/C33H38N4/c1-34-19-10-17-32(34)33-31(26-35-21-23-36(24-22-35)29-14-6-3-7-15-29)30-16-9-8-13-28(30)25-37(33)20-18-27-11-4-2-5-12-27/h2-17,19,31,33H,18,20-26H2,1H3/t31-,33-/m0/s1. The zero-order valence-corrected chi connectivity index (χ0v) is 21.9. The van der Waals surface area contributed by atoms with E-state index >= 15 is 0 Å². The van der Waals surface area contributed by atoms with Crippen LogP contribution >= 0.6 is 0 Å².